The second-order valence-electron chi connectivity index (χ2n) is 8.64. The first kappa shape index (κ1) is 24.5. The average Bonchev–Trinajstić information content (AvgIpc) is 2.93. The van der Waals surface area contributed by atoms with Gasteiger partial charge in [-0.1, -0.05) is 103 Å². The topological polar surface area (TPSA) is 32.3 Å². The van der Waals surface area contributed by atoms with E-state index in [0.29, 0.717) is 6.54 Å². The maximum Gasteiger partial charge on any atom is 0.234 e. The van der Waals surface area contributed by atoms with Crippen LogP contribution < -0.4 is 5.32 Å². The Hall–Kier alpha value is -0.570. The van der Waals surface area contributed by atoms with Crippen LogP contribution in [0.4, 0.5) is 0 Å². The van der Waals surface area contributed by atoms with E-state index < -0.39 is 0 Å². The molecule has 0 aromatic carbocycles. The molecule has 0 bridgehead atoms. The summed E-state index contributed by atoms with van der Waals surface area (Å²) in [5.74, 6) is 0.228. The van der Waals surface area contributed by atoms with Gasteiger partial charge in [0.05, 0.1) is 6.54 Å². The predicted molar refractivity (Wildman–Crippen MR) is 118 cm³/mol. The van der Waals surface area contributed by atoms with Gasteiger partial charge >= 0.3 is 0 Å². The Bertz CT molecular complexity index is 324. The van der Waals surface area contributed by atoms with Crippen LogP contribution in [0.15, 0.2) is 0 Å². The molecule has 1 amide bonds. The lowest BCUT2D eigenvalue weighted by Gasteiger charge is -2.18. The summed E-state index contributed by atoms with van der Waals surface area (Å²) in [4.78, 5) is 14.3. The third kappa shape index (κ3) is 16.1. The Morgan fingerprint density at radius 1 is 0.667 bits per heavy atom. The van der Waals surface area contributed by atoms with Gasteiger partial charge in [-0.2, -0.15) is 0 Å². The van der Waals surface area contributed by atoms with E-state index in [-0.39, 0.29) is 5.91 Å². The first-order valence-corrected chi connectivity index (χ1v) is 12.3. The van der Waals surface area contributed by atoms with Crippen LogP contribution in [0.5, 0.6) is 0 Å². The number of likely N-dealkylation sites (tertiary alicyclic amines) is 1. The largest absolute Gasteiger partial charge is 0.355 e. The minimum Gasteiger partial charge on any atom is -0.355 e. The van der Waals surface area contributed by atoms with Crippen molar-refractivity contribution >= 4 is 5.91 Å². The van der Waals surface area contributed by atoms with Gasteiger partial charge in [0.2, 0.25) is 5.91 Å². The molecule has 1 aliphatic heterocycles. The quantitative estimate of drug-likeness (QED) is 0.294. The van der Waals surface area contributed by atoms with Gasteiger partial charge in [-0.05, 0) is 32.4 Å². The maximum atomic E-state index is 12.0. The Kier molecular flexibility index (Phi) is 17.0. The molecule has 1 N–H and O–H groups in total. The van der Waals surface area contributed by atoms with Gasteiger partial charge in [0.25, 0.3) is 0 Å². The average molecular weight is 381 g/mol. The fraction of sp³-hybridized carbons (Fsp3) is 0.958. The number of unbranched alkanes of at least 4 members (excludes halogenated alkanes) is 13. The summed E-state index contributed by atoms with van der Waals surface area (Å²) in [6, 6.07) is 0. The van der Waals surface area contributed by atoms with Gasteiger partial charge in [-0.15, -0.1) is 0 Å². The van der Waals surface area contributed by atoms with E-state index in [1.807, 2.05) is 0 Å². The third-order valence-corrected chi connectivity index (χ3v) is 5.92. The second kappa shape index (κ2) is 18.8. The van der Waals surface area contributed by atoms with Crippen LogP contribution in [-0.4, -0.2) is 37.0 Å². The van der Waals surface area contributed by atoms with E-state index in [9.17, 15) is 4.79 Å². The standard InChI is InChI=1S/C24H48N2O/c1-2-3-4-5-6-7-8-9-10-11-12-13-14-17-20-25-24(27)23-26-21-18-15-16-19-22-26/h2-23H2,1H3,(H,25,27). The molecule has 160 valence electrons. The first-order chi connectivity index (χ1) is 13.3. The van der Waals surface area contributed by atoms with Gasteiger partial charge in [0, 0.05) is 6.54 Å². The van der Waals surface area contributed by atoms with Crippen LogP contribution >= 0.6 is 0 Å². The highest BCUT2D eigenvalue weighted by Gasteiger charge is 2.12. The van der Waals surface area contributed by atoms with Gasteiger partial charge in [-0.25, -0.2) is 0 Å². The highest BCUT2D eigenvalue weighted by Crippen LogP contribution is 2.13. The number of rotatable bonds is 17. The van der Waals surface area contributed by atoms with Crippen LogP contribution in [-0.2, 0) is 4.79 Å². The normalized spacial score (nSPS) is 15.6. The molecular weight excluding hydrogens is 332 g/mol. The Labute approximate surface area is 170 Å². The number of hydrogen-bond acceptors (Lipinski definition) is 2. The number of nitrogens with zero attached hydrogens (tertiary/aromatic N) is 1. The van der Waals surface area contributed by atoms with E-state index in [0.717, 1.165) is 26.1 Å². The molecule has 1 fully saturated rings. The minimum atomic E-state index is 0.228. The molecule has 0 unspecified atom stereocenters. The zero-order chi connectivity index (χ0) is 19.4. The molecular formula is C24H48N2O. The number of hydrogen-bond donors (Lipinski definition) is 1. The Balaban J connectivity index is 1.76. The molecule has 3 heteroatoms. The van der Waals surface area contributed by atoms with Crippen molar-refractivity contribution in [2.45, 2.75) is 122 Å². The molecule has 27 heavy (non-hydrogen) atoms. The molecule has 0 aliphatic carbocycles. The lowest BCUT2D eigenvalue weighted by atomic mass is 10.0. The van der Waals surface area contributed by atoms with Crippen molar-refractivity contribution in [1.29, 1.82) is 0 Å². The Morgan fingerprint density at radius 3 is 1.59 bits per heavy atom. The monoisotopic (exact) mass is 380 g/mol. The van der Waals surface area contributed by atoms with Crippen LogP contribution in [0, 0.1) is 0 Å². The summed E-state index contributed by atoms with van der Waals surface area (Å²) < 4.78 is 0. The van der Waals surface area contributed by atoms with Crippen LogP contribution in [0.3, 0.4) is 0 Å². The summed E-state index contributed by atoms with van der Waals surface area (Å²) in [5.41, 5.74) is 0. The number of carbonyl (C=O) groups excluding carboxylic acids is 1. The first-order valence-electron chi connectivity index (χ1n) is 12.3. The van der Waals surface area contributed by atoms with Crippen molar-refractivity contribution in [1.82, 2.24) is 10.2 Å². The molecule has 1 heterocycles. The van der Waals surface area contributed by atoms with Gasteiger partial charge < -0.3 is 5.32 Å². The zero-order valence-electron chi connectivity index (χ0n) is 18.4. The lowest BCUT2D eigenvalue weighted by Crippen LogP contribution is -2.38. The van der Waals surface area contributed by atoms with E-state index in [4.69, 9.17) is 0 Å². The molecule has 0 radical (unpaired) electrons. The van der Waals surface area contributed by atoms with E-state index in [1.165, 1.54) is 109 Å². The highest BCUT2D eigenvalue weighted by molar-refractivity contribution is 5.77. The van der Waals surface area contributed by atoms with Crippen molar-refractivity contribution in [3.8, 4) is 0 Å². The van der Waals surface area contributed by atoms with Crippen molar-refractivity contribution < 1.29 is 4.79 Å². The summed E-state index contributed by atoms with van der Waals surface area (Å²) >= 11 is 0. The molecule has 1 saturated heterocycles. The van der Waals surface area contributed by atoms with Crippen LogP contribution in [0.1, 0.15) is 122 Å². The molecule has 1 aliphatic rings. The lowest BCUT2D eigenvalue weighted by molar-refractivity contribution is -0.122. The minimum absolute atomic E-state index is 0.228. The van der Waals surface area contributed by atoms with Gasteiger partial charge in [-0.3, -0.25) is 9.69 Å². The van der Waals surface area contributed by atoms with E-state index >= 15 is 0 Å². The SMILES string of the molecule is CCCCCCCCCCCCCCCCNC(=O)CN1CCCCCC1. The van der Waals surface area contributed by atoms with Gasteiger partial charge in [0.1, 0.15) is 0 Å². The molecule has 0 aromatic rings. The molecule has 1 rings (SSSR count). The fourth-order valence-corrected chi connectivity index (χ4v) is 4.10. The summed E-state index contributed by atoms with van der Waals surface area (Å²) in [6.45, 7) is 5.97. The zero-order valence-corrected chi connectivity index (χ0v) is 18.4. The molecule has 0 aromatic heterocycles. The van der Waals surface area contributed by atoms with Gasteiger partial charge in [0.15, 0.2) is 0 Å². The molecule has 0 spiro atoms. The summed E-state index contributed by atoms with van der Waals surface area (Å²) in [7, 11) is 0. The maximum absolute atomic E-state index is 12.0. The second-order valence-corrected chi connectivity index (χ2v) is 8.64. The number of carbonyl (C=O) groups is 1. The number of amides is 1. The third-order valence-electron chi connectivity index (χ3n) is 5.92. The van der Waals surface area contributed by atoms with Crippen molar-refractivity contribution in [3.63, 3.8) is 0 Å². The number of nitrogens with one attached hydrogen (secondary N) is 1. The smallest absolute Gasteiger partial charge is 0.234 e. The highest BCUT2D eigenvalue weighted by atomic mass is 16.2. The Morgan fingerprint density at radius 2 is 1.11 bits per heavy atom. The summed E-state index contributed by atoms with van der Waals surface area (Å²) in [6.07, 6.45) is 24.5. The van der Waals surface area contributed by atoms with Crippen molar-refractivity contribution in [3.05, 3.63) is 0 Å². The molecule has 0 atom stereocenters. The van der Waals surface area contributed by atoms with Crippen molar-refractivity contribution in [2.24, 2.45) is 0 Å². The molecule has 3 nitrogen and oxygen atoms in total. The van der Waals surface area contributed by atoms with Crippen molar-refractivity contribution in [2.75, 3.05) is 26.2 Å². The molecule has 0 saturated carbocycles. The van der Waals surface area contributed by atoms with E-state index in [2.05, 4.69) is 17.1 Å². The van der Waals surface area contributed by atoms with E-state index in [1.54, 1.807) is 0 Å². The fourth-order valence-electron chi connectivity index (χ4n) is 4.10. The van der Waals surface area contributed by atoms with Crippen LogP contribution in [0.25, 0.3) is 0 Å². The predicted octanol–water partition coefficient (Wildman–Crippen LogP) is 6.46. The summed E-state index contributed by atoms with van der Waals surface area (Å²) in [5, 5.41) is 3.11. The van der Waals surface area contributed by atoms with Crippen LogP contribution in [0.2, 0.25) is 0 Å².